The van der Waals surface area contributed by atoms with Crippen LogP contribution in [0.15, 0.2) is 73.1 Å². The number of nitrogens with zero attached hydrogens (tertiary/aromatic N) is 3. The van der Waals surface area contributed by atoms with E-state index in [-0.39, 0.29) is 11.4 Å². The summed E-state index contributed by atoms with van der Waals surface area (Å²) in [5.41, 5.74) is 4.86. The van der Waals surface area contributed by atoms with Crippen LogP contribution < -0.4 is 16.4 Å². The van der Waals surface area contributed by atoms with E-state index in [0.717, 1.165) is 30.0 Å². The molecule has 2 unspecified atom stereocenters. The maximum Gasteiger partial charge on any atom is 0.435 e. The third-order valence-electron chi connectivity index (χ3n) is 8.36. The fraction of sp³-hybridized carbons (Fsp3) is 0.353. The number of nitrogens with two attached hydrogens (primary N) is 1. The molecule has 1 saturated carbocycles. The molecule has 0 radical (unpaired) electrons. The van der Waals surface area contributed by atoms with Gasteiger partial charge in [-0.1, -0.05) is 57.9 Å². The molecule has 1 fully saturated rings. The summed E-state index contributed by atoms with van der Waals surface area (Å²) in [5.74, 6) is -1.31. The van der Waals surface area contributed by atoms with Crippen molar-refractivity contribution in [1.82, 2.24) is 20.1 Å². The van der Waals surface area contributed by atoms with Crippen molar-refractivity contribution in [2.75, 3.05) is 5.32 Å². The predicted molar refractivity (Wildman–Crippen MR) is 167 cm³/mol. The van der Waals surface area contributed by atoms with E-state index in [2.05, 4.69) is 20.7 Å². The van der Waals surface area contributed by atoms with Gasteiger partial charge >= 0.3 is 12.3 Å². The standard InChI is InChI=1S/C34H36F4N6O3/c1-32(2,3)29(42-31(46)47)21-6-4-8-24(16-21)44-27(18-28(43-44)34(36,37)38)30(45)41-26-17-22(11-12-25(26)35)33(39,14-13-20-9-10-20)23-7-5-15-40-19-23/h4-8,11-12,15-20,29,42H,9-10,13-14,39H2,1-3H3,(H,41,45)(H,46,47). The van der Waals surface area contributed by atoms with Gasteiger partial charge in [0.05, 0.1) is 23.0 Å². The maximum atomic E-state index is 15.2. The molecule has 4 aromatic rings. The highest BCUT2D eigenvalue weighted by Gasteiger charge is 2.37. The molecule has 2 atom stereocenters. The van der Waals surface area contributed by atoms with E-state index in [9.17, 15) is 27.9 Å². The van der Waals surface area contributed by atoms with Crippen molar-refractivity contribution in [3.63, 3.8) is 0 Å². The number of carbonyl (C=O) groups excluding carboxylic acids is 1. The van der Waals surface area contributed by atoms with Gasteiger partial charge in [0, 0.05) is 18.5 Å². The van der Waals surface area contributed by atoms with Gasteiger partial charge in [0.25, 0.3) is 5.91 Å². The summed E-state index contributed by atoms with van der Waals surface area (Å²) in [6.07, 6.45) is 0.654. The Balaban J connectivity index is 1.53. The maximum absolute atomic E-state index is 15.2. The second-order valence-electron chi connectivity index (χ2n) is 13.0. The zero-order chi connectivity index (χ0) is 34.1. The molecule has 248 valence electrons. The van der Waals surface area contributed by atoms with Crippen molar-refractivity contribution in [1.29, 1.82) is 0 Å². The number of carbonyl (C=O) groups is 2. The molecule has 9 nitrogen and oxygen atoms in total. The highest BCUT2D eigenvalue weighted by atomic mass is 19.4. The van der Waals surface area contributed by atoms with Crippen LogP contribution in [0.4, 0.5) is 28.0 Å². The Morgan fingerprint density at radius 1 is 1.04 bits per heavy atom. The second-order valence-corrected chi connectivity index (χ2v) is 13.0. The second kappa shape index (κ2) is 12.8. The normalized spacial score (nSPS) is 15.5. The van der Waals surface area contributed by atoms with E-state index >= 15 is 4.39 Å². The summed E-state index contributed by atoms with van der Waals surface area (Å²) in [6, 6.07) is 13.5. The van der Waals surface area contributed by atoms with Gasteiger partial charge in [0.15, 0.2) is 5.69 Å². The zero-order valence-corrected chi connectivity index (χ0v) is 26.1. The summed E-state index contributed by atoms with van der Waals surface area (Å²) in [5, 5.41) is 18.0. The molecule has 1 aliphatic rings. The Hall–Kier alpha value is -4.78. The van der Waals surface area contributed by atoms with Crippen molar-refractivity contribution in [2.24, 2.45) is 17.1 Å². The number of hydrogen-bond donors (Lipinski definition) is 4. The zero-order valence-electron chi connectivity index (χ0n) is 26.1. The van der Waals surface area contributed by atoms with Gasteiger partial charge in [-0.05, 0) is 71.2 Å². The van der Waals surface area contributed by atoms with Gasteiger partial charge in [-0.2, -0.15) is 18.3 Å². The number of halogens is 4. The molecule has 2 amide bonds. The lowest BCUT2D eigenvalue weighted by Crippen LogP contribution is -2.38. The Morgan fingerprint density at radius 2 is 1.79 bits per heavy atom. The molecule has 13 heteroatoms. The predicted octanol–water partition coefficient (Wildman–Crippen LogP) is 7.42. The first-order chi connectivity index (χ1) is 22.1. The third-order valence-corrected chi connectivity index (χ3v) is 8.36. The average molecular weight is 653 g/mol. The summed E-state index contributed by atoms with van der Waals surface area (Å²) in [4.78, 5) is 29.4. The minimum absolute atomic E-state index is 0.0661. The number of aromatic nitrogens is 3. The first-order valence-corrected chi connectivity index (χ1v) is 15.1. The smallest absolute Gasteiger partial charge is 0.435 e. The first kappa shape index (κ1) is 33.6. The number of amides is 2. The number of anilines is 1. The quantitative estimate of drug-likeness (QED) is 0.132. The van der Waals surface area contributed by atoms with Crippen molar-refractivity contribution < 1.29 is 32.3 Å². The van der Waals surface area contributed by atoms with Crippen LogP contribution in [0.1, 0.15) is 85.4 Å². The lowest BCUT2D eigenvalue weighted by molar-refractivity contribution is -0.141. The number of pyridine rings is 1. The van der Waals surface area contributed by atoms with Gasteiger partial charge in [0.1, 0.15) is 11.5 Å². The number of hydrogen-bond acceptors (Lipinski definition) is 5. The Labute approximate surface area is 269 Å². The largest absolute Gasteiger partial charge is 0.465 e. The molecule has 5 rings (SSSR count). The van der Waals surface area contributed by atoms with Crippen LogP contribution in [-0.4, -0.2) is 31.9 Å². The van der Waals surface area contributed by atoms with E-state index in [1.807, 2.05) is 6.07 Å². The minimum Gasteiger partial charge on any atom is -0.465 e. The number of rotatable bonds is 10. The Kier molecular flexibility index (Phi) is 9.13. The molecule has 47 heavy (non-hydrogen) atoms. The number of carboxylic acid groups (broad SMARTS) is 1. The number of benzene rings is 2. The molecule has 2 heterocycles. The molecule has 0 aliphatic heterocycles. The summed E-state index contributed by atoms with van der Waals surface area (Å²) >= 11 is 0. The van der Waals surface area contributed by atoms with Crippen LogP contribution in [0.2, 0.25) is 0 Å². The van der Waals surface area contributed by atoms with Crippen LogP contribution in [-0.2, 0) is 11.7 Å². The molecule has 5 N–H and O–H groups in total. The molecular formula is C34H36F4N6O3. The van der Waals surface area contributed by atoms with Gasteiger partial charge in [-0.15, -0.1) is 0 Å². The lowest BCUT2D eigenvalue weighted by Gasteiger charge is -2.31. The van der Waals surface area contributed by atoms with Crippen LogP contribution in [0, 0.1) is 17.2 Å². The van der Waals surface area contributed by atoms with Crippen molar-refractivity contribution in [3.05, 3.63) is 107 Å². The van der Waals surface area contributed by atoms with E-state index < -0.39 is 52.4 Å². The van der Waals surface area contributed by atoms with Crippen molar-refractivity contribution >= 4 is 17.7 Å². The highest BCUT2D eigenvalue weighted by molar-refractivity contribution is 6.03. The molecule has 2 aromatic carbocycles. The summed E-state index contributed by atoms with van der Waals surface area (Å²) in [6.45, 7) is 5.40. The van der Waals surface area contributed by atoms with Crippen molar-refractivity contribution in [3.8, 4) is 5.69 Å². The van der Waals surface area contributed by atoms with E-state index in [0.29, 0.717) is 35.1 Å². The first-order valence-electron chi connectivity index (χ1n) is 15.1. The van der Waals surface area contributed by atoms with Crippen LogP contribution in [0.3, 0.4) is 0 Å². The van der Waals surface area contributed by atoms with Gasteiger partial charge in [-0.3, -0.25) is 9.78 Å². The molecular weight excluding hydrogens is 616 g/mol. The van der Waals surface area contributed by atoms with Crippen LogP contribution in [0.5, 0.6) is 0 Å². The van der Waals surface area contributed by atoms with E-state index in [1.165, 1.54) is 30.3 Å². The fourth-order valence-electron chi connectivity index (χ4n) is 5.64. The Morgan fingerprint density at radius 3 is 2.40 bits per heavy atom. The summed E-state index contributed by atoms with van der Waals surface area (Å²) in [7, 11) is 0. The lowest BCUT2D eigenvalue weighted by atomic mass is 9.80. The number of alkyl halides is 3. The van der Waals surface area contributed by atoms with Gasteiger partial charge in [-0.25, -0.2) is 13.9 Å². The average Bonchev–Trinajstić information content (AvgIpc) is 3.73. The van der Waals surface area contributed by atoms with Crippen LogP contribution >= 0.6 is 0 Å². The topological polar surface area (TPSA) is 135 Å². The third kappa shape index (κ3) is 7.62. The van der Waals surface area contributed by atoms with Gasteiger partial charge < -0.3 is 21.5 Å². The molecule has 0 spiro atoms. The van der Waals surface area contributed by atoms with Crippen LogP contribution in [0.25, 0.3) is 5.69 Å². The Bertz CT molecular complexity index is 1770. The summed E-state index contributed by atoms with van der Waals surface area (Å²) < 4.78 is 57.6. The van der Waals surface area contributed by atoms with Gasteiger partial charge in [0.2, 0.25) is 0 Å². The number of nitrogens with one attached hydrogen (secondary N) is 2. The van der Waals surface area contributed by atoms with Crippen molar-refractivity contribution in [2.45, 2.75) is 64.2 Å². The minimum atomic E-state index is -4.90. The fourth-order valence-corrected chi connectivity index (χ4v) is 5.64. The molecule has 2 aromatic heterocycles. The monoisotopic (exact) mass is 652 g/mol. The SMILES string of the molecule is CC(C)(C)C(NC(=O)O)c1cccc(-n2nc(C(F)(F)F)cc2C(=O)Nc2cc(C(N)(CCC3CC3)c3cccnc3)ccc2F)c1. The van der Waals surface area contributed by atoms with E-state index in [4.69, 9.17) is 5.73 Å². The van der Waals surface area contributed by atoms with E-state index in [1.54, 1.807) is 45.3 Å². The highest BCUT2D eigenvalue weighted by Crippen LogP contribution is 2.40. The molecule has 0 saturated heterocycles. The molecule has 0 bridgehead atoms. The molecule has 1 aliphatic carbocycles.